The summed E-state index contributed by atoms with van der Waals surface area (Å²) < 4.78 is 18.2. The smallest absolute Gasteiger partial charge is 0.241 e. The zero-order valence-electron chi connectivity index (χ0n) is 8.89. The third kappa shape index (κ3) is 2.81. The Bertz CT molecular complexity index is 555. The largest absolute Gasteiger partial charge is 0.457 e. The van der Waals surface area contributed by atoms with Crippen LogP contribution in [0.4, 0.5) is 4.39 Å². The summed E-state index contributed by atoms with van der Waals surface area (Å²) in [4.78, 5) is 10.5. The van der Waals surface area contributed by atoms with E-state index in [1.807, 2.05) is 0 Å². The number of primary amides is 1. The minimum absolute atomic E-state index is 0.297. The molecule has 1 aromatic heterocycles. The monoisotopic (exact) mass is 231 g/mol. The van der Waals surface area contributed by atoms with E-state index in [4.69, 9.17) is 10.2 Å². The number of nitrogens with two attached hydrogens (primary N) is 1. The molecule has 2 aromatic rings. The highest BCUT2D eigenvalue weighted by molar-refractivity contribution is 5.89. The van der Waals surface area contributed by atoms with Crippen LogP contribution in [0.1, 0.15) is 5.76 Å². The molecular formula is C13H10FNO2. The molecule has 4 heteroatoms. The van der Waals surface area contributed by atoms with E-state index in [2.05, 4.69) is 0 Å². The number of carbonyl (C=O) groups is 1. The van der Waals surface area contributed by atoms with E-state index >= 15 is 0 Å². The van der Waals surface area contributed by atoms with E-state index in [0.29, 0.717) is 11.5 Å². The Hall–Kier alpha value is -2.36. The van der Waals surface area contributed by atoms with Crippen molar-refractivity contribution in [2.45, 2.75) is 0 Å². The normalized spacial score (nSPS) is 10.9. The van der Waals surface area contributed by atoms with Crippen LogP contribution in [-0.2, 0) is 4.79 Å². The summed E-state index contributed by atoms with van der Waals surface area (Å²) in [5.74, 6) is 0.288. The Balaban J connectivity index is 2.23. The van der Waals surface area contributed by atoms with Gasteiger partial charge in [0, 0.05) is 11.6 Å². The van der Waals surface area contributed by atoms with E-state index in [1.54, 1.807) is 24.3 Å². The highest BCUT2D eigenvalue weighted by Gasteiger charge is 2.03. The van der Waals surface area contributed by atoms with E-state index < -0.39 is 5.91 Å². The van der Waals surface area contributed by atoms with Gasteiger partial charge in [-0.1, -0.05) is 0 Å². The van der Waals surface area contributed by atoms with Crippen LogP contribution in [0.25, 0.3) is 17.4 Å². The molecule has 1 heterocycles. The van der Waals surface area contributed by atoms with Gasteiger partial charge < -0.3 is 10.2 Å². The molecule has 0 aliphatic heterocycles. The SMILES string of the molecule is NC(=O)/C=C\c1ccc(-c2ccc(F)cc2)o1. The molecule has 0 saturated heterocycles. The Morgan fingerprint density at radius 2 is 1.88 bits per heavy atom. The van der Waals surface area contributed by atoms with E-state index in [-0.39, 0.29) is 5.82 Å². The molecule has 0 spiro atoms. The molecular weight excluding hydrogens is 221 g/mol. The van der Waals surface area contributed by atoms with Crippen molar-refractivity contribution >= 4 is 12.0 Å². The van der Waals surface area contributed by atoms with Crippen molar-refractivity contribution < 1.29 is 13.6 Å². The fourth-order valence-corrected chi connectivity index (χ4v) is 1.38. The van der Waals surface area contributed by atoms with Crippen molar-refractivity contribution in [2.24, 2.45) is 5.73 Å². The molecule has 0 unspecified atom stereocenters. The maximum absolute atomic E-state index is 12.7. The molecule has 0 aliphatic carbocycles. The number of carbonyl (C=O) groups excluding carboxylic acids is 1. The molecule has 0 atom stereocenters. The second-order valence-corrected chi connectivity index (χ2v) is 3.44. The molecule has 0 saturated carbocycles. The van der Waals surface area contributed by atoms with Gasteiger partial charge in [0.25, 0.3) is 0 Å². The summed E-state index contributed by atoms with van der Waals surface area (Å²) in [5, 5.41) is 0. The highest BCUT2D eigenvalue weighted by atomic mass is 19.1. The van der Waals surface area contributed by atoms with Crippen molar-refractivity contribution in [3.63, 3.8) is 0 Å². The van der Waals surface area contributed by atoms with Crippen molar-refractivity contribution in [3.05, 3.63) is 54.1 Å². The van der Waals surface area contributed by atoms with Crippen molar-refractivity contribution in [3.8, 4) is 11.3 Å². The topological polar surface area (TPSA) is 56.2 Å². The summed E-state index contributed by atoms with van der Waals surface area (Å²) in [6, 6.07) is 9.41. The second kappa shape index (κ2) is 4.65. The quantitative estimate of drug-likeness (QED) is 0.825. The van der Waals surface area contributed by atoms with Gasteiger partial charge in [0.05, 0.1) is 0 Å². The average molecular weight is 231 g/mol. The first kappa shape index (κ1) is 11.1. The zero-order valence-corrected chi connectivity index (χ0v) is 8.89. The number of hydrogen-bond acceptors (Lipinski definition) is 2. The number of benzene rings is 1. The Morgan fingerprint density at radius 3 is 2.53 bits per heavy atom. The summed E-state index contributed by atoms with van der Waals surface area (Å²) in [7, 11) is 0. The first-order valence-corrected chi connectivity index (χ1v) is 4.98. The number of furan rings is 1. The number of halogens is 1. The van der Waals surface area contributed by atoms with Crippen LogP contribution < -0.4 is 5.73 Å². The van der Waals surface area contributed by atoms with Crippen LogP contribution in [0.5, 0.6) is 0 Å². The van der Waals surface area contributed by atoms with Crippen LogP contribution in [-0.4, -0.2) is 5.91 Å². The lowest BCUT2D eigenvalue weighted by Gasteiger charge is -1.95. The van der Waals surface area contributed by atoms with Crippen LogP contribution >= 0.6 is 0 Å². The predicted molar refractivity (Wildman–Crippen MR) is 62.3 cm³/mol. The highest BCUT2D eigenvalue weighted by Crippen LogP contribution is 2.22. The van der Waals surface area contributed by atoms with E-state index in [0.717, 1.165) is 5.56 Å². The average Bonchev–Trinajstić information content (AvgIpc) is 2.76. The van der Waals surface area contributed by atoms with Crippen LogP contribution in [0.3, 0.4) is 0 Å². The minimum Gasteiger partial charge on any atom is -0.457 e. The Labute approximate surface area is 97.4 Å². The van der Waals surface area contributed by atoms with Crippen LogP contribution in [0.2, 0.25) is 0 Å². The standard InChI is InChI=1S/C13H10FNO2/c14-10-3-1-9(2-4-10)12-7-5-11(17-12)6-8-13(15)16/h1-8H,(H2,15,16)/b8-6-. The summed E-state index contributed by atoms with van der Waals surface area (Å²) in [6.07, 6.45) is 2.70. The number of rotatable bonds is 3. The predicted octanol–water partition coefficient (Wildman–Crippen LogP) is 2.58. The van der Waals surface area contributed by atoms with E-state index in [1.165, 1.54) is 24.3 Å². The fraction of sp³-hybridized carbons (Fsp3) is 0. The zero-order chi connectivity index (χ0) is 12.3. The van der Waals surface area contributed by atoms with Gasteiger partial charge in [-0.05, 0) is 42.5 Å². The van der Waals surface area contributed by atoms with Gasteiger partial charge in [0.1, 0.15) is 17.3 Å². The van der Waals surface area contributed by atoms with E-state index in [9.17, 15) is 9.18 Å². The van der Waals surface area contributed by atoms with Gasteiger partial charge in [-0.2, -0.15) is 0 Å². The number of amides is 1. The molecule has 86 valence electrons. The molecule has 2 rings (SSSR count). The first-order valence-electron chi connectivity index (χ1n) is 4.98. The maximum Gasteiger partial charge on any atom is 0.241 e. The molecule has 0 radical (unpaired) electrons. The van der Waals surface area contributed by atoms with Gasteiger partial charge >= 0.3 is 0 Å². The summed E-state index contributed by atoms with van der Waals surface area (Å²) >= 11 is 0. The molecule has 1 aromatic carbocycles. The maximum atomic E-state index is 12.7. The minimum atomic E-state index is -0.537. The number of hydrogen-bond donors (Lipinski definition) is 1. The molecule has 0 bridgehead atoms. The van der Waals surface area contributed by atoms with Crippen molar-refractivity contribution in [1.82, 2.24) is 0 Å². The van der Waals surface area contributed by atoms with Crippen LogP contribution in [0, 0.1) is 5.82 Å². The van der Waals surface area contributed by atoms with Gasteiger partial charge in [-0.15, -0.1) is 0 Å². The summed E-state index contributed by atoms with van der Waals surface area (Å²) in [6.45, 7) is 0. The molecule has 17 heavy (non-hydrogen) atoms. The molecule has 1 amide bonds. The van der Waals surface area contributed by atoms with Gasteiger partial charge in [-0.3, -0.25) is 4.79 Å². The van der Waals surface area contributed by atoms with Gasteiger partial charge in [0.2, 0.25) is 5.91 Å². The lowest BCUT2D eigenvalue weighted by atomic mass is 10.2. The second-order valence-electron chi connectivity index (χ2n) is 3.44. The van der Waals surface area contributed by atoms with Gasteiger partial charge in [-0.25, -0.2) is 4.39 Å². The molecule has 2 N–H and O–H groups in total. The van der Waals surface area contributed by atoms with Crippen molar-refractivity contribution in [1.29, 1.82) is 0 Å². The van der Waals surface area contributed by atoms with Crippen molar-refractivity contribution in [2.75, 3.05) is 0 Å². The summed E-state index contributed by atoms with van der Waals surface area (Å²) in [5.41, 5.74) is 5.73. The third-order valence-electron chi connectivity index (χ3n) is 2.17. The lowest BCUT2D eigenvalue weighted by molar-refractivity contribution is -0.113. The lowest BCUT2D eigenvalue weighted by Crippen LogP contribution is -2.04. The van der Waals surface area contributed by atoms with Gasteiger partial charge in [0.15, 0.2) is 0 Å². The third-order valence-corrected chi connectivity index (χ3v) is 2.17. The molecule has 3 nitrogen and oxygen atoms in total. The molecule has 0 fully saturated rings. The Kier molecular flexibility index (Phi) is 3.05. The van der Waals surface area contributed by atoms with Crippen LogP contribution in [0.15, 0.2) is 46.9 Å². The molecule has 0 aliphatic rings. The first-order chi connectivity index (χ1) is 8.15. The fourth-order valence-electron chi connectivity index (χ4n) is 1.38. The Morgan fingerprint density at radius 1 is 1.18 bits per heavy atom.